The number of thiazole rings is 1. The maximum Gasteiger partial charge on any atom is 0.325 e. The summed E-state index contributed by atoms with van der Waals surface area (Å²) in [7, 11) is 0. The Morgan fingerprint density at radius 3 is 2.89 bits per heavy atom. The van der Waals surface area contributed by atoms with Crippen LogP contribution < -0.4 is 5.73 Å². The number of hydrogen-bond donors (Lipinski definition) is 1. The Labute approximate surface area is 116 Å². The third-order valence-corrected chi connectivity index (χ3v) is 4.54. The minimum absolute atomic E-state index is 0.218. The number of nitrogens with zero attached hydrogens (tertiary/aromatic N) is 1. The van der Waals surface area contributed by atoms with Gasteiger partial charge >= 0.3 is 5.97 Å². The molecule has 1 aromatic heterocycles. The lowest BCUT2D eigenvalue weighted by atomic mass is 9.98. The fourth-order valence-corrected chi connectivity index (χ4v) is 3.93. The second-order valence-electron chi connectivity index (χ2n) is 4.53. The molecule has 2 N–H and O–H groups in total. The number of esters is 1. The third kappa shape index (κ3) is 4.59. The third-order valence-electron chi connectivity index (χ3n) is 2.35. The Balaban J connectivity index is 2.53. The quantitative estimate of drug-likeness (QED) is 0.644. The first-order valence-electron chi connectivity index (χ1n) is 5.90. The van der Waals surface area contributed by atoms with E-state index in [1.165, 1.54) is 0 Å². The highest BCUT2D eigenvalue weighted by atomic mass is 32.2. The summed E-state index contributed by atoms with van der Waals surface area (Å²) in [6.07, 6.45) is 0.565. The molecule has 2 atom stereocenters. The molecular formula is C12H20N2O2S2. The van der Waals surface area contributed by atoms with Crippen LogP contribution in [-0.2, 0) is 9.53 Å². The van der Waals surface area contributed by atoms with Gasteiger partial charge in [0.25, 0.3) is 0 Å². The molecular weight excluding hydrogens is 268 g/mol. The first-order chi connectivity index (χ1) is 8.35. The summed E-state index contributed by atoms with van der Waals surface area (Å²) < 4.78 is 5.99. The lowest BCUT2D eigenvalue weighted by molar-refractivity contribution is -0.149. The van der Waals surface area contributed by atoms with Crippen LogP contribution in [0.2, 0.25) is 0 Å². The zero-order valence-electron chi connectivity index (χ0n) is 11.2. The average molecular weight is 288 g/mol. The molecule has 0 aromatic carbocycles. The molecule has 102 valence electrons. The maximum atomic E-state index is 11.7. The highest BCUT2D eigenvalue weighted by Gasteiger charge is 2.32. The number of nitrogens with two attached hydrogens (primary N) is 1. The number of carbonyl (C=O) groups is 1. The second-order valence-corrected chi connectivity index (χ2v) is 7.07. The van der Waals surface area contributed by atoms with Crippen LogP contribution >= 0.6 is 23.1 Å². The summed E-state index contributed by atoms with van der Waals surface area (Å²) in [6, 6.07) is 0. The molecule has 1 heterocycles. The van der Waals surface area contributed by atoms with Gasteiger partial charge in [0, 0.05) is 16.3 Å². The van der Waals surface area contributed by atoms with Crippen molar-refractivity contribution in [3.63, 3.8) is 0 Å². The summed E-state index contributed by atoms with van der Waals surface area (Å²) in [5.74, 6) is -0.340. The van der Waals surface area contributed by atoms with Crippen molar-refractivity contribution >= 4 is 29.1 Å². The van der Waals surface area contributed by atoms with Crippen LogP contribution in [0.15, 0.2) is 9.72 Å². The number of rotatable bonds is 6. The highest BCUT2D eigenvalue weighted by Crippen LogP contribution is 2.30. The molecule has 1 aromatic rings. The molecule has 0 saturated heterocycles. The van der Waals surface area contributed by atoms with E-state index in [0.29, 0.717) is 13.0 Å². The van der Waals surface area contributed by atoms with Crippen molar-refractivity contribution in [3.05, 3.63) is 11.1 Å². The van der Waals surface area contributed by atoms with E-state index < -0.39 is 5.54 Å². The molecule has 18 heavy (non-hydrogen) atoms. The Morgan fingerprint density at radius 2 is 2.39 bits per heavy atom. The van der Waals surface area contributed by atoms with Crippen LogP contribution in [0.25, 0.3) is 0 Å². The number of aryl methyl sites for hydroxylation is 1. The van der Waals surface area contributed by atoms with Gasteiger partial charge in [0.15, 0.2) is 0 Å². The fourth-order valence-electron chi connectivity index (χ4n) is 1.58. The minimum atomic E-state index is -0.936. The SMILES string of the molecule is CCOC(=O)C(C)(N)CC(C)Sc1nc(C)cs1. The van der Waals surface area contributed by atoms with Crippen LogP contribution in [0.3, 0.4) is 0 Å². The molecule has 2 unspecified atom stereocenters. The van der Waals surface area contributed by atoms with E-state index in [1.807, 2.05) is 19.2 Å². The van der Waals surface area contributed by atoms with Crippen LogP contribution in [-0.4, -0.2) is 28.3 Å². The predicted octanol–water partition coefficient (Wildman–Crippen LogP) is 2.60. The van der Waals surface area contributed by atoms with Crippen molar-refractivity contribution in [1.29, 1.82) is 0 Å². The molecule has 4 nitrogen and oxygen atoms in total. The van der Waals surface area contributed by atoms with Gasteiger partial charge < -0.3 is 10.5 Å². The predicted molar refractivity (Wildman–Crippen MR) is 76.0 cm³/mol. The van der Waals surface area contributed by atoms with Gasteiger partial charge in [-0.25, -0.2) is 4.98 Å². The van der Waals surface area contributed by atoms with E-state index in [4.69, 9.17) is 10.5 Å². The Morgan fingerprint density at radius 1 is 1.72 bits per heavy atom. The van der Waals surface area contributed by atoms with Gasteiger partial charge in [0.2, 0.25) is 0 Å². The number of thioether (sulfide) groups is 1. The zero-order chi connectivity index (χ0) is 13.8. The Kier molecular flexibility index (Phi) is 5.62. The topological polar surface area (TPSA) is 65.2 Å². The van der Waals surface area contributed by atoms with E-state index in [-0.39, 0.29) is 11.2 Å². The van der Waals surface area contributed by atoms with Crippen molar-refractivity contribution in [3.8, 4) is 0 Å². The van der Waals surface area contributed by atoms with Crippen LogP contribution in [0.5, 0.6) is 0 Å². The molecule has 0 radical (unpaired) electrons. The van der Waals surface area contributed by atoms with E-state index in [2.05, 4.69) is 4.98 Å². The highest BCUT2D eigenvalue weighted by molar-refractivity contribution is 8.01. The average Bonchev–Trinajstić information content (AvgIpc) is 2.63. The summed E-state index contributed by atoms with van der Waals surface area (Å²) in [4.78, 5) is 16.1. The lowest BCUT2D eigenvalue weighted by Crippen LogP contribution is -2.47. The van der Waals surface area contributed by atoms with Crippen LogP contribution in [0.1, 0.15) is 32.9 Å². The standard InChI is InChI=1S/C12H20N2O2S2/c1-5-16-10(15)12(4,13)6-9(3)18-11-14-8(2)7-17-11/h7,9H,5-6,13H2,1-4H3. The van der Waals surface area contributed by atoms with Gasteiger partial charge in [-0.15, -0.1) is 11.3 Å². The molecule has 0 amide bonds. The molecule has 0 spiro atoms. The molecule has 0 aliphatic rings. The van der Waals surface area contributed by atoms with Crippen molar-refractivity contribution in [2.24, 2.45) is 5.73 Å². The van der Waals surface area contributed by atoms with Crippen LogP contribution in [0.4, 0.5) is 0 Å². The molecule has 6 heteroatoms. The molecule has 0 bridgehead atoms. The van der Waals surface area contributed by atoms with Gasteiger partial charge in [0.05, 0.1) is 6.61 Å². The first kappa shape index (κ1) is 15.5. The van der Waals surface area contributed by atoms with Crippen molar-refractivity contribution in [1.82, 2.24) is 4.98 Å². The van der Waals surface area contributed by atoms with E-state index in [1.54, 1.807) is 36.9 Å². The zero-order valence-corrected chi connectivity index (χ0v) is 12.9. The second kappa shape index (κ2) is 6.54. The Hall–Kier alpha value is -0.590. The van der Waals surface area contributed by atoms with E-state index in [9.17, 15) is 4.79 Å². The van der Waals surface area contributed by atoms with Gasteiger partial charge in [-0.2, -0.15) is 0 Å². The van der Waals surface area contributed by atoms with Crippen molar-refractivity contribution in [2.45, 2.75) is 49.2 Å². The van der Waals surface area contributed by atoms with Gasteiger partial charge in [0.1, 0.15) is 9.88 Å². The smallest absolute Gasteiger partial charge is 0.325 e. The monoisotopic (exact) mass is 288 g/mol. The van der Waals surface area contributed by atoms with Crippen molar-refractivity contribution in [2.75, 3.05) is 6.61 Å². The summed E-state index contributed by atoms with van der Waals surface area (Å²) >= 11 is 3.26. The minimum Gasteiger partial charge on any atom is -0.465 e. The van der Waals surface area contributed by atoms with Crippen LogP contribution in [0, 0.1) is 6.92 Å². The maximum absolute atomic E-state index is 11.7. The fraction of sp³-hybridized carbons (Fsp3) is 0.667. The van der Waals surface area contributed by atoms with Gasteiger partial charge in [-0.3, -0.25) is 4.79 Å². The summed E-state index contributed by atoms with van der Waals surface area (Å²) in [5, 5.41) is 2.23. The number of aromatic nitrogens is 1. The number of ether oxygens (including phenoxy) is 1. The molecule has 0 aliphatic carbocycles. The largest absolute Gasteiger partial charge is 0.465 e. The van der Waals surface area contributed by atoms with E-state index >= 15 is 0 Å². The van der Waals surface area contributed by atoms with Crippen molar-refractivity contribution < 1.29 is 9.53 Å². The molecule has 0 aliphatic heterocycles. The number of hydrogen-bond acceptors (Lipinski definition) is 6. The summed E-state index contributed by atoms with van der Waals surface area (Å²) in [5.41, 5.74) is 6.09. The normalized spacial score (nSPS) is 16.1. The molecule has 0 saturated carbocycles. The first-order valence-corrected chi connectivity index (χ1v) is 7.66. The number of carbonyl (C=O) groups excluding carboxylic acids is 1. The Bertz CT molecular complexity index is 405. The summed E-state index contributed by atoms with van der Waals surface area (Å²) in [6.45, 7) is 7.88. The lowest BCUT2D eigenvalue weighted by Gasteiger charge is -2.24. The van der Waals surface area contributed by atoms with Gasteiger partial charge in [-0.05, 0) is 27.2 Å². The van der Waals surface area contributed by atoms with Gasteiger partial charge in [-0.1, -0.05) is 18.7 Å². The molecule has 0 fully saturated rings. The van der Waals surface area contributed by atoms with E-state index in [0.717, 1.165) is 10.0 Å². The molecule has 1 rings (SSSR count).